The number of hydrogen-bond donors (Lipinski definition) is 2. The zero-order chi connectivity index (χ0) is 20.2. The minimum atomic E-state index is -0.964. The molecule has 2 N–H and O–H groups in total. The Morgan fingerprint density at radius 3 is 2.72 bits per heavy atom. The molecule has 4 rings (SSSR count). The smallest absolute Gasteiger partial charge is 0.413 e. The first-order valence-corrected chi connectivity index (χ1v) is 11.3. The van der Waals surface area contributed by atoms with Crippen LogP contribution < -0.4 is 10.2 Å². The first-order valence-electron chi connectivity index (χ1n) is 10.5. The lowest BCUT2D eigenvalue weighted by atomic mass is 9.89. The summed E-state index contributed by atoms with van der Waals surface area (Å²) in [5.41, 5.74) is 0.690. The van der Waals surface area contributed by atoms with Gasteiger partial charge < -0.3 is 15.2 Å². The van der Waals surface area contributed by atoms with Crippen LogP contribution in [0.25, 0.3) is 5.65 Å². The maximum Gasteiger partial charge on any atom is 0.413 e. The van der Waals surface area contributed by atoms with E-state index in [-0.39, 0.29) is 0 Å². The van der Waals surface area contributed by atoms with E-state index >= 15 is 0 Å². The number of hydrogen-bond acceptors (Lipinski definition) is 5. The molecule has 0 bridgehead atoms. The van der Waals surface area contributed by atoms with Gasteiger partial charge in [0.15, 0.2) is 17.3 Å². The fourth-order valence-electron chi connectivity index (χ4n) is 4.28. The highest BCUT2D eigenvalue weighted by Gasteiger charge is 2.25. The van der Waals surface area contributed by atoms with Gasteiger partial charge in [-0.25, -0.2) is 14.8 Å². The number of nitrogens with one attached hydrogen (secondary N) is 1. The zero-order valence-corrected chi connectivity index (χ0v) is 18.1. The SMILES string of the molecule is O=C(O)N(CC1CCCCC1)c1cn2c(Br)cnc2c(NCC2CCOCC2)n1. The maximum atomic E-state index is 12.1. The summed E-state index contributed by atoms with van der Waals surface area (Å²) >= 11 is 3.51. The molecule has 0 unspecified atom stereocenters. The second kappa shape index (κ2) is 9.30. The molecule has 1 aliphatic heterocycles. The van der Waals surface area contributed by atoms with Crippen molar-refractivity contribution in [3.63, 3.8) is 0 Å². The van der Waals surface area contributed by atoms with E-state index in [1.54, 1.807) is 12.4 Å². The molecule has 2 fully saturated rings. The highest BCUT2D eigenvalue weighted by molar-refractivity contribution is 9.10. The topological polar surface area (TPSA) is 92.0 Å². The van der Waals surface area contributed by atoms with Gasteiger partial charge >= 0.3 is 6.09 Å². The zero-order valence-electron chi connectivity index (χ0n) is 16.5. The number of aromatic nitrogens is 3. The normalized spacial score (nSPS) is 18.8. The van der Waals surface area contributed by atoms with Crippen LogP contribution in [0.15, 0.2) is 17.0 Å². The van der Waals surface area contributed by atoms with Crippen molar-refractivity contribution in [3.05, 3.63) is 17.0 Å². The lowest BCUT2D eigenvalue weighted by molar-refractivity contribution is 0.0699. The van der Waals surface area contributed by atoms with Gasteiger partial charge in [-0.05, 0) is 53.4 Å². The molecule has 2 aromatic rings. The number of amides is 1. The summed E-state index contributed by atoms with van der Waals surface area (Å²) in [5, 5.41) is 13.3. The first kappa shape index (κ1) is 20.4. The van der Waals surface area contributed by atoms with Crippen LogP contribution in [0.3, 0.4) is 0 Å². The van der Waals surface area contributed by atoms with Gasteiger partial charge in [0.2, 0.25) is 0 Å². The molecule has 9 heteroatoms. The van der Waals surface area contributed by atoms with E-state index < -0.39 is 6.09 Å². The fourth-order valence-corrected chi connectivity index (χ4v) is 4.66. The number of halogens is 1. The van der Waals surface area contributed by atoms with E-state index in [9.17, 15) is 9.90 Å². The van der Waals surface area contributed by atoms with Crippen LogP contribution in [-0.2, 0) is 4.74 Å². The van der Waals surface area contributed by atoms with Crippen LogP contribution in [-0.4, -0.2) is 51.9 Å². The molecule has 29 heavy (non-hydrogen) atoms. The minimum absolute atomic E-state index is 0.391. The predicted molar refractivity (Wildman–Crippen MR) is 115 cm³/mol. The van der Waals surface area contributed by atoms with Crippen LogP contribution in [0.4, 0.5) is 16.4 Å². The number of ether oxygens (including phenoxy) is 1. The van der Waals surface area contributed by atoms with E-state index in [2.05, 4.69) is 31.2 Å². The molecule has 0 aromatic carbocycles. The average Bonchev–Trinajstić information content (AvgIpc) is 3.12. The van der Waals surface area contributed by atoms with E-state index in [1.165, 1.54) is 24.2 Å². The van der Waals surface area contributed by atoms with Crippen molar-refractivity contribution < 1.29 is 14.6 Å². The van der Waals surface area contributed by atoms with Crippen molar-refractivity contribution in [1.82, 2.24) is 14.4 Å². The number of rotatable bonds is 6. The summed E-state index contributed by atoms with van der Waals surface area (Å²) in [6.45, 7) is 2.84. The average molecular weight is 466 g/mol. The molecule has 158 valence electrons. The lowest BCUT2D eigenvalue weighted by Crippen LogP contribution is -2.36. The van der Waals surface area contributed by atoms with Gasteiger partial charge in [0.1, 0.15) is 4.60 Å². The molecule has 1 saturated heterocycles. The molecular formula is C20H28BrN5O3. The summed E-state index contributed by atoms with van der Waals surface area (Å²) in [6.07, 6.45) is 10.3. The number of carbonyl (C=O) groups is 1. The third-order valence-corrected chi connectivity index (χ3v) is 6.59. The quantitative estimate of drug-likeness (QED) is 0.656. The van der Waals surface area contributed by atoms with Crippen LogP contribution in [0, 0.1) is 11.8 Å². The number of nitrogens with zero attached hydrogens (tertiary/aromatic N) is 4. The monoisotopic (exact) mass is 465 g/mol. The van der Waals surface area contributed by atoms with Gasteiger partial charge in [0.05, 0.1) is 12.4 Å². The standard InChI is InChI=1S/C20H28BrN5O3/c21-16-11-23-19-18(22-10-14-6-8-29-9-7-14)24-17(13-25(16)19)26(20(27)28)12-15-4-2-1-3-5-15/h11,13-15H,1-10,12H2,(H,22,24)(H,27,28). The Morgan fingerprint density at radius 1 is 1.24 bits per heavy atom. The summed E-state index contributed by atoms with van der Waals surface area (Å²) in [7, 11) is 0. The Bertz CT molecular complexity index is 846. The molecule has 8 nitrogen and oxygen atoms in total. The lowest BCUT2D eigenvalue weighted by Gasteiger charge is -2.28. The highest BCUT2D eigenvalue weighted by atomic mass is 79.9. The Hall–Kier alpha value is -1.87. The van der Waals surface area contributed by atoms with E-state index in [0.29, 0.717) is 35.7 Å². The van der Waals surface area contributed by atoms with Gasteiger partial charge in [0.25, 0.3) is 0 Å². The Labute approximate surface area is 178 Å². The molecule has 0 atom stereocenters. The molecule has 0 spiro atoms. The van der Waals surface area contributed by atoms with Gasteiger partial charge in [0, 0.05) is 26.3 Å². The Morgan fingerprint density at radius 2 is 2.00 bits per heavy atom. The molecular weight excluding hydrogens is 438 g/mol. The van der Waals surface area contributed by atoms with E-state index in [1.807, 2.05) is 4.40 Å². The third-order valence-electron chi connectivity index (χ3n) is 6.01. The first-order chi connectivity index (χ1) is 14.1. The number of fused-ring (bicyclic) bond motifs is 1. The van der Waals surface area contributed by atoms with Crippen molar-refractivity contribution in [1.29, 1.82) is 0 Å². The Balaban J connectivity index is 1.60. The van der Waals surface area contributed by atoms with E-state index in [4.69, 9.17) is 4.74 Å². The fraction of sp³-hybridized carbons (Fsp3) is 0.650. The summed E-state index contributed by atoms with van der Waals surface area (Å²) < 4.78 is 8.06. The maximum absolute atomic E-state index is 12.1. The van der Waals surface area contributed by atoms with Crippen molar-refractivity contribution in [2.45, 2.75) is 44.9 Å². The molecule has 1 amide bonds. The van der Waals surface area contributed by atoms with Crippen molar-refractivity contribution >= 4 is 39.3 Å². The minimum Gasteiger partial charge on any atom is -0.465 e. The molecule has 1 aliphatic carbocycles. The highest BCUT2D eigenvalue weighted by Crippen LogP contribution is 2.28. The van der Waals surface area contributed by atoms with Crippen LogP contribution in [0.5, 0.6) is 0 Å². The molecule has 3 heterocycles. The summed E-state index contributed by atoms with van der Waals surface area (Å²) in [4.78, 5) is 22.6. The van der Waals surface area contributed by atoms with Gasteiger partial charge in [-0.1, -0.05) is 19.3 Å². The summed E-state index contributed by atoms with van der Waals surface area (Å²) in [5.74, 6) is 1.96. The predicted octanol–water partition coefficient (Wildman–Crippen LogP) is 4.40. The van der Waals surface area contributed by atoms with Gasteiger partial charge in [-0.3, -0.25) is 9.30 Å². The van der Waals surface area contributed by atoms with Crippen LogP contribution in [0.1, 0.15) is 44.9 Å². The third kappa shape index (κ3) is 4.83. The van der Waals surface area contributed by atoms with E-state index in [0.717, 1.165) is 50.0 Å². The van der Waals surface area contributed by atoms with Gasteiger partial charge in [-0.2, -0.15) is 0 Å². The van der Waals surface area contributed by atoms with Gasteiger partial charge in [-0.15, -0.1) is 0 Å². The Kier molecular flexibility index (Phi) is 6.54. The van der Waals surface area contributed by atoms with Crippen molar-refractivity contribution in [2.24, 2.45) is 11.8 Å². The second-order valence-electron chi connectivity index (χ2n) is 8.06. The van der Waals surface area contributed by atoms with Crippen molar-refractivity contribution in [3.8, 4) is 0 Å². The van der Waals surface area contributed by atoms with Crippen LogP contribution in [0.2, 0.25) is 0 Å². The molecule has 1 saturated carbocycles. The number of anilines is 2. The molecule has 0 radical (unpaired) electrons. The van der Waals surface area contributed by atoms with Crippen molar-refractivity contribution in [2.75, 3.05) is 36.5 Å². The largest absolute Gasteiger partial charge is 0.465 e. The van der Waals surface area contributed by atoms with Crippen LogP contribution >= 0.6 is 15.9 Å². The number of imidazole rings is 1. The molecule has 2 aromatic heterocycles. The second-order valence-corrected chi connectivity index (χ2v) is 8.87. The number of carboxylic acid groups (broad SMARTS) is 1. The summed E-state index contributed by atoms with van der Waals surface area (Å²) in [6, 6.07) is 0. The molecule has 2 aliphatic rings.